The van der Waals surface area contributed by atoms with Gasteiger partial charge in [-0.05, 0) is 74.3 Å². The van der Waals surface area contributed by atoms with Crippen molar-refractivity contribution in [2.75, 3.05) is 37.7 Å². The summed E-state index contributed by atoms with van der Waals surface area (Å²) >= 11 is 0. The van der Waals surface area contributed by atoms with Gasteiger partial charge in [-0.2, -0.15) is 13.2 Å². The van der Waals surface area contributed by atoms with Gasteiger partial charge >= 0.3 is 6.18 Å². The molecule has 2 aromatic rings. The molecule has 2 fully saturated rings. The zero-order valence-electron chi connectivity index (χ0n) is 22.6. The molecular formula is C29H36F3N5O3. The number of morpholine rings is 1. The van der Waals surface area contributed by atoms with Gasteiger partial charge in [-0.3, -0.25) is 9.59 Å². The number of ether oxygens (including phenoxy) is 1. The van der Waals surface area contributed by atoms with Crippen LogP contribution in [0.2, 0.25) is 0 Å². The molecule has 1 aliphatic carbocycles. The number of pyridine rings is 1. The summed E-state index contributed by atoms with van der Waals surface area (Å²) < 4.78 is 44.0. The molecule has 8 nitrogen and oxygen atoms in total. The van der Waals surface area contributed by atoms with E-state index in [1.165, 1.54) is 11.6 Å². The molecule has 1 aliphatic heterocycles. The van der Waals surface area contributed by atoms with Gasteiger partial charge in [-0.15, -0.1) is 0 Å². The molecular weight excluding hydrogens is 523 g/mol. The Labute approximate surface area is 232 Å². The second kappa shape index (κ2) is 13.3. The van der Waals surface area contributed by atoms with Crippen LogP contribution in [0.1, 0.15) is 66.4 Å². The number of nitrogens with one attached hydrogen (secondary N) is 3. The summed E-state index contributed by atoms with van der Waals surface area (Å²) in [5.41, 5.74) is 0.732. The van der Waals surface area contributed by atoms with E-state index in [-0.39, 0.29) is 24.1 Å². The van der Waals surface area contributed by atoms with Gasteiger partial charge in [0.05, 0.1) is 25.3 Å². The quantitative estimate of drug-likeness (QED) is 0.391. The van der Waals surface area contributed by atoms with Crippen LogP contribution in [0, 0.1) is 11.3 Å². The minimum Gasteiger partial charge on any atom is -0.378 e. The number of nitrogens with zero attached hydrogens (tertiary/aromatic N) is 2. The molecule has 2 heterocycles. The standard InChI is InChI=1S/C29H36F3N5O3/c1-19(36-27(38)18-35-28(39)22-3-2-4-24(16-22)29(30,31)32)15-25(33)21-7-5-20(6-8-21)23-9-10-26(34-17-23)37-11-13-40-14-12-37/h2-4,9-10,16-17,19-21,33H,5-8,11-15,18H2,1H3,(H,35,39)(H,36,38)/t19-,20?,21?/m1/s1. The van der Waals surface area contributed by atoms with Crippen LogP contribution >= 0.6 is 0 Å². The Bertz CT molecular complexity index is 1170. The van der Waals surface area contributed by atoms with E-state index in [0.29, 0.717) is 18.1 Å². The first-order chi connectivity index (χ1) is 19.1. The van der Waals surface area contributed by atoms with E-state index in [2.05, 4.69) is 32.7 Å². The molecule has 1 aromatic carbocycles. The van der Waals surface area contributed by atoms with Crippen LogP contribution in [0.15, 0.2) is 42.6 Å². The smallest absolute Gasteiger partial charge is 0.378 e. The molecule has 1 saturated carbocycles. The highest BCUT2D eigenvalue weighted by Gasteiger charge is 2.31. The Morgan fingerprint density at radius 2 is 1.85 bits per heavy atom. The predicted octanol–water partition coefficient (Wildman–Crippen LogP) is 4.56. The molecule has 40 heavy (non-hydrogen) atoms. The van der Waals surface area contributed by atoms with Crippen molar-refractivity contribution in [1.29, 1.82) is 5.41 Å². The normalized spacial score (nSPS) is 20.4. The highest BCUT2D eigenvalue weighted by molar-refractivity contribution is 5.96. The van der Waals surface area contributed by atoms with E-state index in [0.717, 1.165) is 76.0 Å². The summed E-state index contributed by atoms with van der Waals surface area (Å²) in [5, 5.41) is 13.7. The Morgan fingerprint density at radius 1 is 1.12 bits per heavy atom. The van der Waals surface area contributed by atoms with E-state index in [1.54, 1.807) is 6.92 Å². The largest absolute Gasteiger partial charge is 0.416 e. The van der Waals surface area contributed by atoms with Crippen molar-refractivity contribution < 1.29 is 27.5 Å². The van der Waals surface area contributed by atoms with Gasteiger partial charge in [0.25, 0.3) is 5.91 Å². The van der Waals surface area contributed by atoms with Crippen molar-refractivity contribution in [3.63, 3.8) is 0 Å². The fourth-order valence-electron chi connectivity index (χ4n) is 5.37. The first-order valence-corrected chi connectivity index (χ1v) is 13.7. The first-order valence-electron chi connectivity index (χ1n) is 13.7. The number of alkyl halides is 3. The molecule has 2 amide bonds. The lowest BCUT2D eigenvalue weighted by Gasteiger charge is -2.31. The second-order valence-electron chi connectivity index (χ2n) is 10.6. The van der Waals surface area contributed by atoms with Crippen molar-refractivity contribution in [2.24, 2.45) is 5.92 Å². The molecule has 0 spiro atoms. The number of halogens is 3. The third-order valence-corrected chi connectivity index (χ3v) is 7.59. The topological polar surface area (TPSA) is 107 Å². The van der Waals surface area contributed by atoms with Gasteiger partial charge in [-0.25, -0.2) is 4.98 Å². The Kier molecular flexibility index (Phi) is 9.78. The fourth-order valence-corrected chi connectivity index (χ4v) is 5.37. The third kappa shape index (κ3) is 8.03. The maximum atomic E-state index is 12.9. The molecule has 0 radical (unpaired) electrons. The van der Waals surface area contributed by atoms with Crippen molar-refractivity contribution in [2.45, 2.75) is 57.2 Å². The lowest BCUT2D eigenvalue weighted by Crippen LogP contribution is -2.42. The van der Waals surface area contributed by atoms with Crippen LogP contribution in [0.25, 0.3) is 0 Å². The Hall–Kier alpha value is -3.47. The number of anilines is 1. The molecule has 4 rings (SSSR count). The number of amides is 2. The van der Waals surface area contributed by atoms with Gasteiger partial charge < -0.3 is 25.7 Å². The zero-order chi connectivity index (χ0) is 28.7. The highest BCUT2D eigenvalue weighted by atomic mass is 19.4. The molecule has 2 aliphatic rings. The van der Waals surface area contributed by atoms with Gasteiger partial charge in [-0.1, -0.05) is 12.1 Å². The Balaban J connectivity index is 1.17. The molecule has 216 valence electrons. The van der Waals surface area contributed by atoms with Crippen molar-refractivity contribution in [3.8, 4) is 0 Å². The van der Waals surface area contributed by atoms with E-state index in [4.69, 9.17) is 10.1 Å². The number of carbonyl (C=O) groups excluding carboxylic acids is 2. The van der Waals surface area contributed by atoms with Gasteiger partial charge in [0.1, 0.15) is 5.82 Å². The lowest BCUT2D eigenvalue weighted by atomic mass is 9.76. The average Bonchev–Trinajstić information content (AvgIpc) is 2.96. The summed E-state index contributed by atoms with van der Waals surface area (Å²) in [6.07, 6.45) is 1.59. The number of rotatable bonds is 9. The molecule has 1 saturated heterocycles. The van der Waals surface area contributed by atoms with Crippen LogP contribution in [0.3, 0.4) is 0 Å². The maximum Gasteiger partial charge on any atom is 0.416 e. The van der Waals surface area contributed by atoms with Crippen molar-refractivity contribution in [1.82, 2.24) is 15.6 Å². The number of hydrogen-bond acceptors (Lipinski definition) is 6. The van der Waals surface area contributed by atoms with Crippen molar-refractivity contribution >= 4 is 23.3 Å². The number of hydrogen-bond donors (Lipinski definition) is 3. The number of carbonyl (C=O) groups is 2. The van der Waals surface area contributed by atoms with Crippen LogP contribution in [0.5, 0.6) is 0 Å². The minimum absolute atomic E-state index is 0.164. The summed E-state index contributed by atoms with van der Waals surface area (Å²) in [6, 6.07) is 7.99. The van der Waals surface area contributed by atoms with Crippen LogP contribution in [0.4, 0.5) is 19.0 Å². The highest BCUT2D eigenvalue weighted by Crippen LogP contribution is 2.37. The van der Waals surface area contributed by atoms with Gasteiger partial charge in [0.15, 0.2) is 0 Å². The molecule has 11 heteroatoms. The fraction of sp³-hybridized carbons (Fsp3) is 0.517. The Morgan fingerprint density at radius 3 is 2.50 bits per heavy atom. The van der Waals surface area contributed by atoms with E-state index in [9.17, 15) is 22.8 Å². The molecule has 3 N–H and O–H groups in total. The van der Waals surface area contributed by atoms with E-state index < -0.39 is 23.6 Å². The monoisotopic (exact) mass is 559 g/mol. The number of aromatic nitrogens is 1. The van der Waals surface area contributed by atoms with Crippen LogP contribution in [-0.4, -0.2) is 61.4 Å². The summed E-state index contributed by atoms with van der Waals surface area (Å²) in [5.74, 6) is 0.347. The third-order valence-electron chi connectivity index (χ3n) is 7.59. The first kappa shape index (κ1) is 29.5. The minimum atomic E-state index is -4.56. The van der Waals surface area contributed by atoms with Crippen molar-refractivity contribution in [3.05, 3.63) is 59.3 Å². The van der Waals surface area contributed by atoms with Gasteiger partial charge in [0, 0.05) is 43.0 Å². The van der Waals surface area contributed by atoms with Crippen LogP contribution in [-0.2, 0) is 15.7 Å². The molecule has 0 bridgehead atoms. The predicted molar refractivity (Wildman–Crippen MR) is 146 cm³/mol. The zero-order valence-corrected chi connectivity index (χ0v) is 22.6. The average molecular weight is 560 g/mol. The van der Waals surface area contributed by atoms with Crippen LogP contribution < -0.4 is 15.5 Å². The number of benzene rings is 1. The summed E-state index contributed by atoms with van der Waals surface area (Å²) in [7, 11) is 0. The SMILES string of the molecule is C[C@H](CC(=N)C1CCC(c2ccc(N3CCOCC3)nc2)CC1)NC(=O)CNC(=O)c1cccc(C(F)(F)F)c1. The lowest BCUT2D eigenvalue weighted by molar-refractivity contribution is -0.137. The maximum absolute atomic E-state index is 12.9. The molecule has 1 atom stereocenters. The summed E-state index contributed by atoms with van der Waals surface area (Å²) in [6.45, 7) is 4.59. The molecule has 0 unspecified atom stereocenters. The summed E-state index contributed by atoms with van der Waals surface area (Å²) in [4.78, 5) is 31.4. The van der Waals surface area contributed by atoms with E-state index >= 15 is 0 Å². The second-order valence-corrected chi connectivity index (χ2v) is 10.6. The van der Waals surface area contributed by atoms with E-state index in [1.807, 2.05) is 6.20 Å². The molecule has 1 aromatic heterocycles. The van der Waals surface area contributed by atoms with Gasteiger partial charge in [0.2, 0.25) is 5.91 Å².